The lowest BCUT2D eigenvalue weighted by Gasteiger charge is -2.15. The van der Waals surface area contributed by atoms with Crippen LogP contribution in [-0.4, -0.2) is 25.0 Å². The average molecular weight is 254 g/mol. The van der Waals surface area contributed by atoms with E-state index >= 15 is 0 Å². The fraction of sp³-hybridized carbons (Fsp3) is 0.933. The van der Waals surface area contributed by atoms with E-state index in [2.05, 4.69) is 24.5 Å². The molecule has 1 aliphatic rings. The highest BCUT2D eigenvalue weighted by Gasteiger charge is 2.11. The highest BCUT2D eigenvalue weighted by molar-refractivity contribution is 5.76. The molecular weight excluding hydrogens is 224 g/mol. The Balaban J connectivity index is 2.01. The van der Waals surface area contributed by atoms with Crippen molar-refractivity contribution >= 4 is 5.91 Å². The zero-order valence-corrected chi connectivity index (χ0v) is 12.1. The topological polar surface area (TPSA) is 41.1 Å². The number of nitrogens with one attached hydrogen (secondary N) is 2. The summed E-state index contributed by atoms with van der Waals surface area (Å²) in [4.78, 5) is 11.6. The third-order valence-corrected chi connectivity index (χ3v) is 3.96. The number of hydrogen-bond donors (Lipinski definition) is 2. The van der Waals surface area contributed by atoms with E-state index in [0.717, 1.165) is 25.4 Å². The first-order valence-electron chi connectivity index (χ1n) is 7.72. The summed E-state index contributed by atoms with van der Waals surface area (Å²) in [7, 11) is 0. The molecule has 1 amide bonds. The standard InChI is InChI=1S/C15H30N2O/c1-3-13(2)17-15(18)10-11-16-12-14-8-6-4-5-7-9-14/h13-14,16H,3-12H2,1-2H3,(H,17,18). The van der Waals surface area contributed by atoms with Crippen LogP contribution in [0.1, 0.15) is 65.2 Å². The van der Waals surface area contributed by atoms with Crippen LogP contribution >= 0.6 is 0 Å². The molecule has 1 atom stereocenters. The van der Waals surface area contributed by atoms with Crippen LogP contribution < -0.4 is 10.6 Å². The first-order valence-corrected chi connectivity index (χ1v) is 7.72. The lowest BCUT2D eigenvalue weighted by atomic mass is 10.0. The van der Waals surface area contributed by atoms with Crippen molar-refractivity contribution < 1.29 is 4.79 Å². The molecule has 2 N–H and O–H groups in total. The van der Waals surface area contributed by atoms with Crippen LogP contribution in [0.15, 0.2) is 0 Å². The van der Waals surface area contributed by atoms with Crippen LogP contribution in [-0.2, 0) is 4.79 Å². The van der Waals surface area contributed by atoms with Crippen molar-refractivity contribution in [1.82, 2.24) is 10.6 Å². The van der Waals surface area contributed by atoms with Gasteiger partial charge in [0, 0.05) is 19.0 Å². The predicted molar refractivity (Wildman–Crippen MR) is 76.6 cm³/mol. The molecule has 0 aliphatic heterocycles. The largest absolute Gasteiger partial charge is 0.354 e. The summed E-state index contributed by atoms with van der Waals surface area (Å²) in [6.07, 6.45) is 9.94. The summed E-state index contributed by atoms with van der Waals surface area (Å²) in [6.45, 7) is 6.06. The minimum absolute atomic E-state index is 0.178. The monoisotopic (exact) mass is 254 g/mol. The molecule has 0 aromatic heterocycles. The Bertz CT molecular complexity index is 223. The van der Waals surface area contributed by atoms with E-state index in [1.807, 2.05) is 0 Å². The zero-order chi connectivity index (χ0) is 13.2. The van der Waals surface area contributed by atoms with Gasteiger partial charge in [0.25, 0.3) is 0 Å². The number of amides is 1. The third kappa shape index (κ3) is 7.00. The van der Waals surface area contributed by atoms with Crippen molar-refractivity contribution in [1.29, 1.82) is 0 Å². The van der Waals surface area contributed by atoms with Gasteiger partial charge in [-0.25, -0.2) is 0 Å². The fourth-order valence-electron chi connectivity index (χ4n) is 2.53. The molecule has 0 heterocycles. The van der Waals surface area contributed by atoms with Gasteiger partial charge in [-0.15, -0.1) is 0 Å². The molecule has 18 heavy (non-hydrogen) atoms. The quantitative estimate of drug-likeness (QED) is 0.542. The van der Waals surface area contributed by atoms with Gasteiger partial charge < -0.3 is 10.6 Å². The summed E-state index contributed by atoms with van der Waals surface area (Å²) in [5, 5.41) is 6.44. The van der Waals surface area contributed by atoms with E-state index in [-0.39, 0.29) is 5.91 Å². The van der Waals surface area contributed by atoms with Gasteiger partial charge in [0.15, 0.2) is 0 Å². The van der Waals surface area contributed by atoms with Gasteiger partial charge in [0.1, 0.15) is 0 Å². The number of carbonyl (C=O) groups excluding carboxylic acids is 1. The maximum absolute atomic E-state index is 11.6. The normalized spacial score (nSPS) is 19.2. The van der Waals surface area contributed by atoms with E-state index in [1.165, 1.54) is 38.5 Å². The Labute approximate surface area is 112 Å². The van der Waals surface area contributed by atoms with Crippen molar-refractivity contribution in [3.63, 3.8) is 0 Å². The van der Waals surface area contributed by atoms with Crippen LogP contribution in [0.3, 0.4) is 0 Å². The van der Waals surface area contributed by atoms with Crippen molar-refractivity contribution in [2.45, 2.75) is 71.3 Å². The van der Waals surface area contributed by atoms with Crippen molar-refractivity contribution in [2.24, 2.45) is 5.92 Å². The molecule has 3 heteroatoms. The Hall–Kier alpha value is -0.570. The second kappa shape index (κ2) is 9.37. The number of rotatable bonds is 7. The molecule has 0 aromatic carbocycles. The maximum Gasteiger partial charge on any atom is 0.221 e. The second-order valence-electron chi connectivity index (χ2n) is 5.69. The Kier molecular flexibility index (Phi) is 8.06. The van der Waals surface area contributed by atoms with Crippen LogP contribution in [0.25, 0.3) is 0 Å². The predicted octanol–water partition coefficient (Wildman–Crippen LogP) is 2.85. The first kappa shape index (κ1) is 15.5. The van der Waals surface area contributed by atoms with Gasteiger partial charge in [-0.05, 0) is 38.6 Å². The minimum atomic E-state index is 0.178. The van der Waals surface area contributed by atoms with Gasteiger partial charge in [-0.1, -0.05) is 32.6 Å². The van der Waals surface area contributed by atoms with Crippen molar-refractivity contribution in [3.05, 3.63) is 0 Å². The van der Waals surface area contributed by atoms with Crippen molar-refractivity contribution in [2.75, 3.05) is 13.1 Å². The molecule has 106 valence electrons. The molecule has 1 saturated carbocycles. The average Bonchev–Trinajstić information content (AvgIpc) is 2.63. The minimum Gasteiger partial charge on any atom is -0.354 e. The number of hydrogen-bond acceptors (Lipinski definition) is 2. The second-order valence-corrected chi connectivity index (χ2v) is 5.69. The molecule has 0 radical (unpaired) electrons. The molecule has 3 nitrogen and oxygen atoms in total. The van der Waals surface area contributed by atoms with Gasteiger partial charge >= 0.3 is 0 Å². The van der Waals surface area contributed by atoms with Gasteiger partial charge in [0.05, 0.1) is 0 Å². The smallest absolute Gasteiger partial charge is 0.221 e. The molecule has 1 aliphatic carbocycles. The van der Waals surface area contributed by atoms with E-state index in [9.17, 15) is 4.79 Å². The van der Waals surface area contributed by atoms with Crippen molar-refractivity contribution in [3.8, 4) is 0 Å². The molecular formula is C15H30N2O. The molecule has 0 aromatic rings. The fourth-order valence-corrected chi connectivity index (χ4v) is 2.53. The summed E-state index contributed by atoms with van der Waals surface area (Å²) in [5.41, 5.74) is 0. The van der Waals surface area contributed by atoms with Gasteiger partial charge in [-0.3, -0.25) is 4.79 Å². The molecule has 1 unspecified atom stereocenters. The molecule has 0 spiro atoms. The van der Waals surface area contributed by atoms with Crippen LogP contribution in [0.2, 0.25) is 0 Å². The maximum atomic E-state index is 11.6. The molecule has 1 fully saturated rings. The highest BCUT2D eigenvalue weighted by atomic mass is 16.1. The Morgan fingerprint density at radius 1 is 1.22 bits per heavy atom. The summed E-state index contributed by atoms with van der Waals surface area (Å²) in [6, 6.07) is 0.305. The lowest BCUT2D eigenvalue weighted by Crippen LogP contribution is -2.34. The molecule has 0 saturated heterocycles. The Morgan fingerprint density at radius 2 is 1.89 bits per heavy atom. The van der Waals surface area contributed by atoms with E-state index in [4.69, 9.17) is 0 Å². The van der Waals surface area contributed by atoms with Crippen LogP contribution in [0.4, 0.5) is 0 Å². The molecule has 1 rings (SSSR count). The molecule has 0 bridgehead atoms. The van der Waals surface area contributed by atoms with E-state index in [1.54, 1.807) is 0 Å². The van der Waals surface area contributed by atoms with E-state index in [0.29, 0.717) is 12.5 Å². The van der Waals surface area contributed by atoms with Gasteiger partial charge in [0.2, 0.25) is 5.91 Å². The first-order chi connectivity index (χ1) is 8.72. The summed E-state index contributed by atoms with van der Waals surface area (Å²) in [5.74, 6) is 1.02. The SMILES string of the molecule is CCC(C)NC(=O)CCNCC1CCCCCC1. The summed E-state index contributed by atoms with van der Waals surface area (Å²) < 4.78 is 0. The third-order valence-electron chi connectivity index (χ3n) is 3.96. The Morgan fingerprint density at radius 3 is 2.50 bits per heavy atom. The van der Waals surface area contributed by atoms with Crippen LogP contribution in [0, 0.1) is 5.92 Å². The van der Waals surface area contributed by atoms with E-state index < -0.39 is 0 Å². The lowest BCUT2D eigenvalue weighted by molar-refractivity contribution is -0.121. The highest BCUT2D eigenvalue weighted by Crippen LogP contribution is 2.21. The van der Waals surface area contributed by atoms with Crippen LogP contribution in [0.5, 0.6) is 0 Å². The van der Waals surface area contributed by atoms with Gasteiger partial charge in [-0.2, -0.15) is 0 Å². The summed E-state index contributed by atoms with van der Waals surface area (Å²) >= 11 is 0. The number of carbonyl (C=O) groups is 1. The zero-order valence-electron chi connectivity index (χ0n) is 12.1.